The summed E-state index contributed by atoms with van der Waals surface area (Å²) in [7, 11) is 1.93. The van der Waals surface area contributed by atoms with Gasteiger partial charge in [-0.15, -0.1) is 0 Å². The van der Waals surface area contributed by atoms with Gasteiger partial charge in [-0.2, -0.15) is 0 Å². The molecule has 2 rings (SSSR count). The largest absolute Gasteiger partial charge is 0.494 e. The summed E-state index contributed by atoms with van der Waals surface area (Å²) in [6.07, 6.45) is 1.27. The average molecular weight is 347 g/mol. The van der Waals surface area contributed by atoms with Gasteiger partial charge in [-0.3, -0.25) is 9.59 Å². The van der Waals surface area contributed by atoms with Crippen molar-refractivity contribution >= 4 is 11.8 Å². The Labute approximate surface area is 149 Å². The average Bonchev–Trinajstić information content (AvgIpc) is 3.04. The fraction of sp³-hybridized carbons (Fsp3) is 0.579. The van der Waals surface area contributed by atoms with Gasteiger partial charge in [-0.25, -0.2) is 0 Å². The van der Waals surface area contributed by atoms with Gasteiger partial charge in [0.1, 0.15) is 5.75 Å². The summed E-state index contributed by atoms with van der Waals surface area (Å²) in [5.74, 6) is 1.14. The second kappa shape index (κ2) is 9.42. The van der Waals surface area contributed by atoms with E-state index in [9.17, 15) is 9.59 Å². The van der Waals surface area contributed by atoms with Crippen LogP contribution in [0.15, 0.2) is 24.3 Å². The van der Waals surface area contributed by atoms with Crippen LogP contribution < -0.4 is 15.4 Å². The third-order valence-electron chi connectivity index (χ3n) is 4.48. The van der Waals surface area contributed by atoms with Crippen molar-refractivity contribution in [2.45, 2.75) is 32.7 Å². The molecule has 1 heterocycles. The summed E-state index contributed by atoms with van der Waals surface area (Å²) < 4.78 is 5.67. The molecule has 0 aromatic heterocycles. The van der Waals surface area contributed by atoms with E-state index in [1.807, 2.05) is 43.1 Å². The smallest absolute Gasteiger partial charge is 0.225 e. The van der Waals surface area contributed by atoms with Crippen molar-refractivity contribution < 1.29 is 14.3 Å². The van der Waals surface area contributed by atoms with Gasteiger partial charge in [0.05, 0.1) is 19.1 Å². The topological polar surface area (TPSA) is 70.7 Å². The molecule has 2 atom stereocenters. The fourth-order valence-electron chi connectivity index (χ4n) is 3.36. The summed E-state index contributed by atoms with van der Waals surface area (Å²) in [4.78, 5) is 26.3. The number of para-hydroxylation sites is 1. The van der Waals surface area contributed by atoms with Crippen LogP contribution in [0.2, 0.25) is 0 Å². The SMILES string of the molecule is CCOc1ccccc1C(CC(=O)N1CCC(CNC)C1)NC(C)=O. The first-order valence-corrected chi connectivity index (χ1v) is 8.96. The van der Waals surface area contributed by atoms with Crippen LogP contribution in [0, 0.1) is 5.92 Å². The molecule has 1 aliphatic heterocycles. The van der Waals surface area contributed by atoms with E-state index in [0.717, 1.165) is 31.6 Å². The molecule has 138 valence electrons. The predicted molar refractivity (Wildman–Crippen MR) is 97.4 cm³/mol. The normalized spacial score (nSPS) is 18.0. The van der Waals surface area contributed by atoms with Crippen molar-refractivity contribution in [2.24, 2.45) is 5.92 Å². The van der Waals surface area contributed by atoms with Gasteiger partial charge in [0.25, 0.3) is 0 Å². The second-order valence-corrected chi connectivity index (χ2v) is 6.48. The van der Waals surface area contributed by atoms with Crippen molar-refractivity contribution in [3.63, 3.8) is 0 Å². The van der Waals surface area contributed by atoms with Crippen molar-refractivity contribution in [1.82, 2.24) is 15.5 Å². The number of hydrogen-bond acceptors (Lipinski definition) is 4. The molecule has 6 nitrogen and oxygen atoms in total. The maximum Gasteiger partial charge on any atom is 0.225 e. The molecular weight excluding hydrogens is 318 g/mol. The lowest BCUT2D eigenvalue weighted by molar-refractivity contribution is -0.131. The van der Waals surface area contributed by atoms with Crippen LogP contribution >= 0.6 is 0 Å². The van der Waals surface area contributed by atoms with E-state index in [-0.39, 0.29) is 24.3 Å². The van der Waals surface area contributed by atoms with E-state index < -0.39 is 0 Å². The fourth-order valence-corrected chi connectivity index (χ4v) is 3.36. The molecule has 0 bridgehead atoms. The molecule has 0 saturated carbocycles. The highest BCUT2D eigenvalue weighted by atomic mass is 16.5. The maximum absolute atomic E-state index is 12.7. The van der Waals surface area contributed by atoms with Crippen LogP contribution in [0.4, 0.5) is 0 Å². The van der Waals surface area contributed by atoms with E-state index in [4.69, 9.17) is 4.74 Å². The first-order chi connectivity index (χ1) is 12.0. The molecule has 1 aromatic carbocycles. The Morgan fingerprint density at radius 2 is 2.12 bits per heavy atom. The molecule has 2 N–H and O–H groups in total. The van der Waals surface area contributed by atoms with Crippen molar-refractivity contribution in [3.05, 3.63) is 29.8 Å². The summed E-state index contributed by atoms with van der Waals surface area (Å²) in [5.41, 5.74) is 0.846. The molecule has 1 aromatic rings. The van der Waals surface area contributed by atoms with Gasteiger partial charge in [-0.1, -0.05) is 18.2 Å². The number of nitrogens with one attached hydrogen (secondary N) is 2. The van der Waals surface area contributed by atoms with Gasteiger partial charge in [-0.05, 0) is 38.9 Å². The lowest BCUT2D eigenvalue weighted by Crippen LogP contribution is -2.35. The standard InChI is InChI=1S/C19H29N3O3/c1-4-25-18-8-6-5-7-16(18)17(21-14(2)23)11-19(24)22-10-9-15(13-22)12-20-3/h5-8,15,17,20H,4,9-13H2,1-3H3,(H,21,23). The number of likely N-dealkylation sites (tertiary alicyclic amines) is 1. The first kappa shape index (κ1) is 19.2. The zero-order chi connectivity index (χ0) is 18.2. The number of ether oxygens (including phenoxy) is 1. The van der Waals surface area contributed by atoms with Crippen molar-refractivity contribution in [2.75, 3.05) is 33.3 Å². The number of benzene rings is 1. The Morgan fingerprint density at radius 3 is 2.80 bits per heavy atom. The molecule has 2 amide bonds. The van der Waals surface area contributed by atoms with Crippen LogP contribution in [0.3, 0.4) is 0 Å². The van der Waals surface area contributed by atoms with E-state index in [1.165, 1.54) is 6.92 Å². The second-order valence-electron chi connectivity index (χ2n) is 6.48. The number of carbonyl (C=O) groups is 2. The van der Waals surface area contributed by atoms with E-state index in [0.29, 0.717) is 18.3 Å². The molecule has 25 heavy (non-hydrogen) atoms. The quantitative estimate of drug-likeness (QED) is 0.751. The minimum Gasteiger partial charge on any atom is -0.494 e. The summed E-state index contributed by atoms with van der Waals surface area (Å²) in [6, 6.07) is 7.19. The minimum atomic E-state index is -0.379. The predicted octanol–water partition coefficient (Wildman–Crippen LogP) is 1.72. The van der Waals surface area contributed by atoms with Crippen molar-refractivity contribution in [1.29, 1.82) is 0 Å². The summed E-state index contributed by atoms with van der Waals surface area (Å²) >= 11 is 0. The Kier molecular flexibility index (Phi) is 7.25. The van der Waals surface area contributed by atoms with E-state index in [1.54, 1.807) is 0 Å². The van der Waals surface area contributed by atoms with Crippen LogP contribution in [0.5, 0.6) is 5.75 Å². The molecule has 0 aliphatic carbocycles. The van der Waals surface area contributed by atoms with E-state index >= 15 is 0 Å². The number of nitrogens with zero attached hydrogens (tertiary/aromatic N) is 1. The Bertz CT molecular complexity index is 591. The number of hydrogen-bond donors (Lipinski definition) is 2. The van der Waals surface area contributed by atoms with Gasteiger partial charge in [0.15, 0.2) is 0 Å². The summed E-state index contributed by atoms with van der Waals surface area (Å²) in [5, 5.41) is 6.08. The zero-order valence-corrected chi connectivity index (χ0v) is 15.4. The lowest BCUT2D eigenvalue weighted by atomic mass is 10.0. The zero-order valence-electron chi connectivity index (χ0n) is 15.4. The summed E-state index contributed by atoms with van der Waals surface area (Å²) in [6.45, 7) is 6.41. The Hall–Kier alpha value is -2.08. The molecule has 1 fully saturated rings. The van der Waals surface area contributed by atoms with Gasteiger partial charge in [0.2, 0.25) is 11.8 Å². The van der Waals surface area contributed by atoms with E-state index in [2.05, 4.69) is 10.6 Å². The monoisotopic (exact) mass is 347 g/mol. The van der Waals surface area contributed by atoms with Gasteiger partial charge >= 0.3 is 0 Å². The molecule has 6 heteroatoms. The number of amides is 2. The molecule has 1 aliphatic rings. The highest BCUT2D eigenvalue weighted by Gasteiger charge is 2.28. The number of rotatable bonds is 8. The van der Waals surface area contributed by atoms with Crippen LogP contribution in [0.1, 0.15) is 38.3 Å². The van der Waals surface area contributed by atoms with Gasteiger partial charge < -0.3 is 20.3 Å². The first-order valence-electron chi connectivity index (χ1n) is 8.96. The highest BCUT2D eigenvalue weighted by molar-refractivity contribution is 5.79. The molecule has 2 unspecified atom stereocenters. The molecular formula is C19H29N3O3. The third-order valence-corrected chi connectivity index (χ3v) is 4.48. The Balaban J connectivity index is 2.10. The molecule has 0 radical (unpaired) electrons. The highest BCUT2D eigenvalue weighted by Crippen LogP contribution is 2.29. The third kappa shape index (κ3) is 5.46. The molecule has 0 spiro atoms. The van der Waals surface area contributed by atoms with Crippen molar-refractivity contribution in [3.8, 4) is 5.75 Å². The minimum absolute atomic E-state index is 0.0728. The molecule has 1 saturated heterocycles. The Morgan fingerprint density at radius 1 is 1.36 bits per heavy atom. The number of carbonyl (C=O) groups excluding carboxylic acids is 2. The van der Waals surface area contributed by atoms with Crippen LogP contribution in [0.25, 0.3) is 0 Å². The lowest BCUT2D eigenvalue weighted by Gasteiger charge is -2.24. The van der Waals surface area contributed by atoms with Crippen LogP contribution in [-0.4, -0.2) is 50.0 Å². The van der Waals surface area contributed by atoms with Crippen LogP contribution in [-0.2, 0) is 9.59 Å². The van der Waals surface area contributed by atoms with Gasteiger partial charge in [0, 0.05) is 25.6 Å². The maximum atomic E-state index is 12.7.